The summed E-state index contributed by atoms with van der Waals surface area (Å²) in [5.41, 5.74) is -0.413. The number of benzene rings is 2. The van der Waals surface area contributed by atoms with Crippen molar-refractivity contribution in [2.24, 2.45) is 0 Å². The van der Waals surface area contributed by atoms with Crippen molar-refractivity contribution in [3.05, 3.63) is 46.6 Å². The minimum atomic E-state index is -1.68. The molecular weight excluding hydrogens is 428 g/mol. The fourth-order valence-electron chi connectivity index (χ4n) is 3.43. The SMILES string of the molecule is O=c1cc(-c2ccc(O)c(O)c2)oc2cc(O[C@H]3OC(CO)[C@@H](O)C(O)[C@@H]3O)cc(O)c12. The van der Waals surface area contributed by atoms with Gasteiger partial charge < -0.3 is 49.6 Å². The highest BCUT2D eigenvalue weighted by molar-refractivity contribution is 5.86. The second-order valence-electron chi connectivity index (χ2n) is 7.31. The third-order valence-corrected chi connectivity index (χ3v) is 5.14. The molecule has 4 rings (SSSR count). The molecule has 2 aromatic carbocycles. The third kappa shape index (κ3) is 3.83. The van der Waals surface area contributed by atoms with E-state index in [0.29, 0.717) is 0 Å². The topological polar surface area (TPSA) is 190 Å². The number of aliphatic hydroxyl groups excluding tert-OH is 4. The Bertz CT molecular complexity index is 1200. The molecule has 5 atom stereocenters. The van der Waals surface area contributed by atoms with Gasteiger partial charge in [-0.05, 0) is 18.2 Å². The predicted octanol–water partition coefficient (Wildman–Crippen LogP) is -0.245. The molecule has 2 heterocycles. The molecule has 1 aliphatic rings. The zero-order chi connectivity index (χ0) is 23.2. The molecule has 11 heteroatoms. The number of hydrogen-bond donors (Lipinski definition) is 7. The summed E-state index contributed by atoms with van der Waals surface area (Å²) >= 11 is 0. The Morgan fingerprint density at radius 1 is 0.875 bits per heavy atom. The Labute approximate surface area is 179 Å². The zero-order valence-electron chi connectivity index (χ0n) is 16.3. The first-order valence-corrected chi connectivity index (χ1v) is 9.50. The van der Waals surface area contributed by atoms with Crippen LogP contribution in [-0.2, 0) is 4.74 Å². The summed E-state index contributed by atoms with van der Waals surface area (Å²) in [6, 6.07) is 7.23. The van der Waals surface area contributed by atoms with E-state index in [1.165, 1.54) is 24.3 Å². The van der Waals surface area contributed by atoms with Gasteiger partial charge in [0.1, 0.15) is 52.6 Å². The Balaban J connectivity index is 1.72. The van der Waals surface area contributed by atoms with Crippen LogP contribution in [0.1, 0.15) is 0 Å². The number of rotatable bonds is 4. The monoisotopic (exact) mass is 448 g/mol. The molecule has 7 N–H and O–H groups in total. The molecule has 1 fully saturated rings. The number of fused-ring (bicyclic) bond motifs is 1. The van der Waals surface area contributed by atoms with Crippen molar-refractivity contribution in [2.75, 3.05) is 6.61 Å². The summed E-state index contributed by atoms with van der Waals surface area (Å²) in [4.78, 5) is 12.5. The van der Waals surface area contributed by atoms with Crippen LogP contribution in [0, 0.1) is 0 Å². The van der Waals surface area contributed by atoms with E-state index in [-0.39, 0.29) is 33.8 Å². The first-order chi connectivity index (χ1) is 15.2. The summed E-state index contributed by atoms with van der Waals surface area (Å²) in [6.07, 6.45) is -7.61. The Morgan fingerprint density at radius 3 is 2.31 bits per heavy atom. The highest BCUT2D eigenvalue weighted by Crippen LogP contribution is 2.35. The number of phenolic OH excluding ortho intramolecular Hbond substituents is 3. The molecule has 1 aromatic heterocycles. The minimum absolute atomic E-state index is 0.0298. The third-order valence-electron chi connectivity index (χ3n) is 5.14. The van der Waals surface area contributed by atoms with E-state index in [2.05, 4.69) is 0 Å². The molecule has 0 saturated carbocycles. The maximum Gasteiger partial charge on any atom is 0.229 e. The minimum Gasteiger partial charge on any atom is -0.507 e. The quantitative estimate of drug-likeness (QED) is 0.261. The van der Waals surface area contributed by atoms with Crippen LogP contribution in [-0.4, -0.2) is 73.1 Å². The number of aliphatic hydroxyl groups is 4. The highest BCUT2D eigenvalue weighted by atomic mass is 16.7. The Hall–Kier alpha value is -3.35. The fourth-order valence-corrected chi connectivity index (χ4v) is 3.43. The zero-order valence-corrected chi connectivity index (χ0v) is 16.3. The van der Waals surface area contributed by atoms with Crippen LogP contribution in [0.3, 0.4) is 0 Å². The van der Waals surface area contributed by atoms with Gasteiger partial charge >= 0.3 is 0 Å². The van der Waals surface area contributed by atoms with Crippen molar-refractivity contribution in [3.63, 3.8) is 0 Å². The van der Waals surface area contributed by atoms with Gasteiger partial charge in [-0.15, -0.1) is 0 Å². The van der Waals surface area contributed by atoms with Crippen LogP contribution in [0.2, 0.25) is 0 Å². The van der Waals surface area contributed by atoms with Gasteiger partial charge in [-0.2, -0.15) is 0 Å². The van der Waals surface area contributed by atoms with E-state index in [4.69, 9.17) is 13.9 Å². The first kappa shape index (κ1) is 21.9. The maximum absolute atomic E-state index is 12.5. The second-order valence-corrected chi connectivity index (χ2v) is 7.31. The lowest BCUT2D eigenvalue weighted by atomic mass is 9.99. The molecule has 0 radical (unpaired) electrons. The van der Waals surface area contributed by atoms with Crippen molar-refractivity contribution in [1.82, 2.24) is 0 Å². The lowest BCUT2D eigenvalue weighted by Crippen LogP contribution is -2.60. The van der Waals surface area contributed by atoms with Crippen molar-refractivity contribution in [1.29, 1.82) is 0 Å². The second kappa shape index (κ2) is 8.30. The van der Waals surface area contributed by atoms with Gasteiger partial charge in [0.25, 0.3) is 0 Å². The van der Waals surface area contributed by atoms with E-state index in [0.717, 1.165) is 12.1 Å². The molecular formula is C21H20O11. The Kier molecular flexibility index (Phi) is 5.67. The smallest absolute Gasteiger partial charge is 0.229 e. The molecule has 1 aliphatic heterocycles. The largest absolute Gasteiger partial charge is 0.507 e. The molecule has 0 spiro atoms. The molecule has 3 aromatic rings. The fraction of sp³-hybridized carbons (Fsp3) is 0.286. The average Bonchev–Trinajstić information content (AvgIpc) is 2.75. The van der Waals surface area contributed by atoms with Gasteiger partial charge in [-0.1, -0.05) is 0 Å². The lowest BCUT2D eigenvalue weighted by Gasteiger charge is -2.39. The van der Waals surface area contributed by atoms with Crippen LogP contribution in [0.5, 0.6) is 23.0 Å². The van der Waals surface area contributed by atoms with E-state index >= 15 is 0 Å². The molecule has 170 valence electrons. The first-order valence-electron chi connectivity index (χ1n) is 9.50. The van der Waals surface area contributed by atoms with E-state index in [1.54, 1.807) is 0 Å². The number of ether oxygens (including phenoxy) is 2. The summed E-state index contributed by atoms with van der Waals surface area (Å²) in [7, 11) is 0. The Morgan fingerprint density at radius 2 is 1.62 bits per heavy atom. The number of hydrogen-bond acceptors (Lipinski definition) is 11. The summed E-state index contributed by atoms with van der Waals surface area (Å²) in [6.45, 7) is -0.647. The normalized spacial score (nSPS) is 25.7. The van der Waals surface area contributed by atoms with Crippen molar-refractivity contribution in [2.45, 2.75) is 30.7 Å². The van der Waals surface area contributed by atoms with Gasteiger partial charge in [-0.25, -0.2) is 0 Å². The van der Waals surface area contributed by atoms with Crippen LogP contribution in [0.25, 0.3) is 22.3 Å². The summed E-state index contributed by atoms with van der Waals surface area (Å²) in [5, 5.41) is 68.5. The van der Waals surface area contributed by atoms with Crippen LogP contribution >= 0.6 is 0 Å². The standard InChI is InChI=1S/C21H20O11/c22-7-16-18(27)19(28)20(29)21(32-16)30-9-4-12(25)17-13(26)6-14(31-15(17)5-9)8-1-2-10(23)11(24)3-8/h1-6,16,18-25,27-29H,7H2/t16?,18-,19?,20+,21+/m1/s1. The van der Waals surface area contributed by atoms with E-state index < -0.39 is 54.2 Å². The van der Waals surface area contributed by atoms with Gasteiger partial charge in [0.05, 0.1) is 6.61 Å². The average molecular weight is 448 g/mol. The van der Waals surface area contributed by atoms with Crippen LogP contribution < -0.4 is 10.2 Å². The molecule has 2 unspecified atom stereocenters. The lowest BCUT2D eigenvalue weighted by molar-refractivity contribution is -0.277. The van der Waals surface area contributed by atoms with E-state index in [9.17, 15) is 40.5 Å². The van der Waals surface area contributed by atoms with Gasteiger partial charge in [0.2, 0.25) is 6.29 Å². The predicted molar refractivity (Wildman–Crippen MR) is 107 cm³/mol. The molecule has 11 nitrogen and oxygen atoms in total. The molecule has 32 heavy (non-hydrogen) atoms. The summed E-state index contributed by atoms with van der Waals surface area (Å²) < 4.78 is 16.4. The van der Waals surface area contributed by atoms with Crippen LogP contribution in [0.15, 0.2) is 45.6 Å². The highest BCUT2D eigenvalue weighted by Gasteiger charge is 2.44. The van der Waals surface area contributed by atoms with Gasteiger partial charge in [-0.3, -0.25) is 4.79 Å². The van der Waals surface area contributed by atoms with E-state index in [1.807, 2.05) is 0 Å². The summed E-state index contributed by atoms with van der Waals surface area (Å²) in [5.74, 6) is -1.34. The van der Waals surface area contributed by atoms with Gasteiger partial charge in [0, 0.05) is 23.8 Å². The molecule has 1 saturated heterocycles. The molecule has 0 bridgehead atoms. The number of phenols is 3. The molecule has 0 amide bonds. The maximum atomic E-state index is 12.5. The van der Waals surface area contributed by atoms with Crippen molar-refractivity contribution >= 4 is 11.0 Å². The van der Waals surface area contributed by atoms with Crippen molar-refractivity contribution in [3.8, 4) is 34.3 Å². The molecule has 0 aliphatic carbocycles. The van der Waals surface area contributed by atoms with Gasteiger partial charge in [0.15, 0.2) is 16.9 Å². The van der Waals surface area contributed by atoms with Crippen molar-refractivity contribution < 1.29 is 49.6 Å². The van der Waals surface area contributed by atoms with Crippen LogP contribution in [0.4, 0.5) is 0 Å². The number of aromatic hydroxyl groups is 3.